The van der Waals surface area contributed by atoms with Gasteiger partial charge in [-0.2, -0.15) is 0 Å². The minimum Gasteiger partial charge on any atom is -0.314 e. The summed E-state index contributed by atoms with van der Waals surface area (Å²) in [5.41, 5.74) is 1.25. The van der Waals surface area contributed by atoms with Crippen molar-refractivity contribution in [2.24, 2.45) is 5.92 Å². The van der Waals surface area contributed by atoms with Crippen LogP contribution in [0.5, 0.6) is 0 Å². The molecule has 1 aromatic rings. The first-order valence-electron chi connectivity index (χ1n) is 7.42. The Hall–Kier alpha value is -0.640. The van der Waals surface area contributed by atoms with Crippen LogP contribution in [0.1, 0.15) is 38.3 Å². The minimum atomic E-state index is -0.147. The zero-order valence-corrected chi connectivity index (χ0v) is 13.3. The van der Waals surface area contributed by atoms with Gasteiger partial charge in [-0.15, -0.1) is 12.4 Å². The first kappa shape index (κ1) is 17.4. The zero-order chi connectivity index (χ0) is 13.7. The first-order chi connectivity index (χ1) is 9.22. The molecule has 0 amide bonds. The van der Waals surface area contributed by atoms with Crippen LogP contribution in [0, 0.1) is 11.7 Å². The number of hydrogen-bond donors (Lipinski definition) is 1. The van der Waals surface area contributed by atoms with E-state index in [4.69, 9.17) is 0 Å². The third kappa shape index (κ3) is 4.44. The van der Waals surface area contributed by atoms with Gasteiger partial charge in [0.25, 0.3) is 0 Å². The van der Waals surface area contributed by atoms with Crippen LogP contribution in [0.25, 0.3) is 0 Å². The molecule has 1 N–H and O–H groups in total. The van der Waals surface area contributed by atoms with Crippen molar-refractivity contribution in [3.63, 3.8) is 0 Å². The number of hydrogen-bond acceptors (Lipinski definition) is 2. The highest BCUT2D eigenvalue weighted by Crippen LogP contribution is 2.31. The quantitative estimate of drug-likeness (QED) is 0.893. The van der Waals surface area contributed by atoms with Gasteiger partial charge in [-0.3, -0.25) is 4.90 Å². The van der Waals surface area contributed by atoms with Crippen molar-refractivity contribution in [1.29, 1.82) is 0 Å². The Balaban J connectivity index is 0.00000200. The predicted octanol–water partition coefficient (Wildman–Crippen LogP) is 3.63. The molecule has 1 aliphatic heterocycles. The third-order valence-corrected chi connectivity index (χ3v) is 4.04. The molecule has 0 aromatic heterocycles. The maximum atomic E-state index is 13.1. The van der Waals surface area contributed by atoms with Gasteiger partial charge in [0, 0.05) is 32.2 Å². The summed E-state index contributed by atoms with van der Waals surface area (Å²) in [7, 11) is 0. The molecule has 0 radical (unpaired) electrons. The van der Waals surface area contributed by atoms with Crippen LogP contribution in [-0.2, 0) is 0 Å². The van der Waals surface area contributed by atoms with Crippen LogP contribution in [0.2, 0.25) is 0 Å². The molecule has 2 atom stereocenters. The molecule has 1 saturated heterocycles. The van der Waals surface area contributed by atoms with Crippen molar-refractivity contribution in [2.45, 2.75) is 32.7 Å². The van der Waals surface area contributed by atoms with E-state index in [2.05, 4.69) is 24.1 Å². The van der Waals surface area contributed by atoms with Gasteiger partial charge in [-0.1, -0.05) is 32.4 Å². The molecule has 0 saturated carbocycles. The Morgan fingerprint density at radius 3 is 2.35 bits per heavy atom. The van der Waals surface area contributed by atoms with Gasteiger partial charge < -0.3 is 5.32 Å². The molecule has 2 nitrogen and oxygen atoms in total. The molecule has 1 aromatic carbocycles. The lowest BCUT2D eigenvalue weighted by Crippen LogP contribution is -2.46. The summed E-state index contributed by atoms with van der Waals surface area (Å²) in [6, 6.07) is 7.50. The van der Waals surface area contributed by atoms with E-state index in [1.165, 1.54) is 18.4 Å². The second kappa shape index (κ2) is 8.60. The lowest BCUT2D eigenvalue weighted by atomic mass is 9.89. The monoisotopic (exact) mass is 300 g/mol. The van der Waals surface area contributed by atoms with E-state index in [1.807, 2.05) is 12.1 Å². The maximum Gasteiger partial charge on any atom is 0.123 e. The number of rotatable bonds is 5. The van der Waals surface area contributed by atoms with Crippen LogP contribution in [0.3, 0.4) is 0 Å². The van der Waals surface area contributed by atoms with Gasteiger partial charge in [0.2, 0.25) is 0 Å². The van der Waals surface area contributed by atoms with Crippen molar-refractivity contribution in [3.8, 4) is 0 Å². The first-order valence-corrected chi connectivity index (χ1v) is 7.42. The fraction of sp³-hybridized carbons (Fsp3) is 0.625. The van der Waals surface area contributed by atoms with E-state index < -0.39 is 0 Å². The number of nitrogens with one attached hydrogen (secondary N) is 1. The standard InChI is InChI=1S/C16H25FN2.ClH/c1-3-4-13(2)16(19-11-9-18-10-12-19)14-5-7-15(17)8-6-14;/h5-8,13,16,18H,3-4,9-12H2,1-2H3;1H/t13?,16-;/m0./s1. The smallest absolute Gasteiger partial charge is 0.123 e. The molecule has 1 heterocycles. The predicted molar refractivity (Wildman–Crippen MR) is 84.9 cm³/mol. The Morgan fingerprint density at radius 2 is 1.80 bits per heavy atom. The highest BCUT2D eigenvalue weighted by molar-refractivity contribution is 5.85. The molecule has 0 spiro atoms. The van der Waals surface area contributed by atoms with E-state index >= 15 is 0 Å². The van der Waals surface area contributed by atoms with Gasteiger partial charge >= 0.3 is 0 Å². The van der Waals surface area contributed by atoms with Crippen molar-refractivity contribution >= 4 is 12.4 Å². The van der Waals surface area contributed by atoms with Crippen molar-refractivity contribution in [2.75, 3.05) is 26.2 Å². The van der Waals surface area contributed by atoms with Gasteiger partial charge in [0.15, 0.2) is 0 Å². The Morgan fingerprint density at radius 1 is 1.20 bits per heavy atom. The van der Waals surface area contributed by atoms with Gasteiger partial charge in [0.05, 0.1) is 0 Å². The van der Waals surface area contributed by atoms with E-state index in [9.17, 15) is 4.39 Å². The van der Waals surface area contributed by atoms with E-state index in [-0.39, 0.29) is 18.2 Å². The van der Waals surface area contributed by atoms with Crippen molar-refractivity contribution < 1.29 is 4.39 Å². The molecule has 2 rings (SSSR count). The fourth-order valence-corrected chi connectivity index (χ4v) is 3.13. The summed E-state index contributed by atoms with van der Waals surface area (Å²) in [5, 5.41) is 3.40. The van der Waals surface area contributed by atoms with Crippen LogP contribution in [-0.4, -0.2) is 31.1 Å². The molecule has 20 heavy (non-hydrogen) atoms. The van der Waals surface area contributed by atoms with Crippen molar-refractivity contribution in [1.82, 2.24) is 10.2 Å². The summed E-state index contributed by atoms with van der Waals surface area (Å²) in [6.45, 7) is 8.81. The number of benzene rings is 1. The average Bonchev–Trinajstić information content (AvgIpc) is 2.43. The second-order valence-corrected chi connectivity index (χ2v) is 5.55. The van der Waals surface area contributed by atoms with Crippen LogP contribution in [0.15, 0.2) is 24.3 Å². The topological polar surface area (TPSA) is 15.3 Å². The molecular formula is C16H26ClFN2. The molecule has 1 aliphatic rings. The number of halogens is 2. The summed E-state index contributed by atoms with van der Waals surface area (Å²) in [6.07, 6.45) is 2.41. The SMILES string of the molecule is CCCC(C)[C@@H](c1ccc(F)cc1)N1CCNCC1.Cl. The Bertz CT molecular complexity index is 377. The van der Waals surface area contributed by atoms with Crippen LogP contribution >= 0.6 is 12.4 Å². The summed E-state index contributed by atoms with van der Waals surface area (Å²) in [4.78, 5) is 2.55. The Labute approximate surface area is 128 Å². The molecule has 0 aliphatic carbocycles. The minimum absolute atomic E-state index is 0. The summed E-state index contributed by atoms with van der Waals surface area (Å²) < 4.78 is 13.1. The summed E-state index contributed by atoms with van der Waals surface area (Å²) in [5.74, 6) is 0.458. The zero-order valence-electron chi connectivity index (χ0n) is 12.4. The highest BCUT2D eigenvalue weighted by Gasteiger charge is 2.26. The highest BCUT2D eigenvalue weighted by atomic mass is 35.5. The maximum absolute atomic E-state index is 13.1. The number of nitrogens with zero attached hydrogens (tertiary/aromatic N) is 1. The lowest BCUT2D eigenvalue weighted by Gasteiger charge is -2.38. The normalized spacial score (nSPS) is 19.1. The second-order valence-electron chi connectivity index (χ2n) is 5.55. The molecular weight excluding hydrogens is 275 g/mol. The van der Waals surface area contributed by atoms with Crippen molar-refractivity contribution in [3.05, 3.63) is 35.6 Å². The molecule has 1 unspecified atom stereocenters. The summed E-state index contributed by atoms with van der Waals surface area (Å²) >= 11 is 0. The average molecular weight is 301 g/mol. The van der Waals surface area contributed by atoms with Gasteiger partial charge in [-0.25, -0.2) is 4.39 Å². The lowest BCUT2D eigenvalue weighted by molar-refractivity contribution is 0.126. The molecule has 0 bridgehead atoms. The number of piperazine rings is 1. The fourth-order valence-electron chi connectivity index (χ4n) is 3.13. The third-order valence-electron chi connectivity index (χ3n) is 4.04. The van der Waals surface area contributed by atoms with Crippen LogP contribution < -0.4 is 5.32 Å². The van der Waals surface area contributed by atoms with E-state index in [1.54, 1.807) is 12.1 Å². The Kier molecular flexibility index (Phi) is 7.49. The van der Waals surface area contributed by atoms with Crippen LogP contribution in [0.4, 0.5) is 4.39 Å². The van der Waals surface area contributed by atoms with E-state index in [0.717, 1.165) is 26.2 Å². The van der Waals surface area contributed by atoms with Gasteiger partial charge in [-0.05, 0) is 30.0 Å². The molecule has 1 fully saturated rings. The molecule has 114 valence electrons. The van der Waals surface area contributed by atoms with Gasteiger partial charge in [0.1, 0.15) is 5.82 Å². The largest absolute Gasteiger partial charge is 0.314 e. The molecule has 4 heteroatoms. The van der Waals surface area contributed by atoms with E-state index in [0.29, 0.717) is 12.0 Å².